The number of Topliss-reactive ketones (excluding diaryl/α,β-unsaturated/α-hetero) is 1. The smallest absolute Gasteiger partial charge is 0.308 e. The van der Waals surface area contributed by atoms with Crippen molar-refractivity contribution in [2.45, 2.75) is 12.6 Å². The van der Waals surface area contributed by atoms with Crippen LogP contribution in [0.25, 0.3) is 0 Å². The van der Waals surface area contributed by atoms with Crippen molar-refractivity contribution >= 4 is 30.6 Å². The topological polar surface area (TPSA) is 43.4 Å². The van der Waals surface area contributed by atoms with Gasteiger partial charge < -0.3 is 4.74 Å². The molecule has 0 N–H and O–H groups in total. The van der Waals surface area contributed by atoms with Crippen molar-refractivity contribution in [3.05, 3.63) is 34.9 Å². The molecule has 1 aromatic rings. The van der Waals surface area contributed by atoms with Crippen LogP contribution in [0.2, 0.25) is 17.7 Å². The molecule has 0 amide bonds. The van der Waals surface area contributed by atoms with E-state index in [9.17, 15) is 9.59 Å². The summed E-state index contributed by atoms with van der Waals surface area (Å²) < 4.78 is 4.55. The molecular formula is C11H11BClO3. The molecule has 0 aliphatic carbocycles. The first-order valence-corrected chi connectivity index (χ1v) is 5.15. The maximum Gasteiger partial charge on any atom is 0.308 e. The van der Waals surface area contributed by atoms with Crippen molar-refractivity contribution in [2.24, 2.45) is 0 Å². The minimum absolute atomic E-state index is 0.286. The lowest BCUT2D eigenvalue weighted by Crippen LogP contribution is -2.23. The Morgan fingerprint density at radius 3 is 2.31 bits per heavy atom. The van der Waals surface area contributed by atoms with Crippen molar-refractivity contribution in [3.63, 3.8) is 0 Å². The second-order valence-electron chi connectivity index (χ2n) is 3.21. The average molecular weight is 237 g/mol. The molecule has 0 saturated heterocycles. The van der Waals surface area contributed by atoms with E-state index in [1.54, 1.807) is 31.1 Å². The number of ether oxygens (including phenoxy) is 1. The third-order valence-electron chi connectivity index (χ3n) is 2.20. The molecule has 0 saturated carbocycles. The molecule has 0 aliphatic rings. The van der Waals surface area contributed by atoms with Gasteiger partial charge in [-0.15, -0.1) is 0 Å². The van der Waals surface area contributed by atoms with Gasteiger partial charge in [0.15, 0.2) is 5.78 Å². The van der Waals surface area contributed by atoms with Crippen molar-refractivity contribution in [1.29, 1.82) is 0 Å². The Bertz CT molecular complexity index is 389. The van der Waals surface area contributed by atoms with Gasteiger partial charge in [-0.2, -0.15) is 0 Å². The third-order valence-corrected chi connectivity index (χ3v) is 2.45. The van der Waals surface area contributed by atoms with Crippen molar-refractivity contribution < 1.29 is 14.3 Å². The summed E-state index contributed by atoms with van der Waals surface area (Å²) >= 11 is 5.71. The number of esters is 1. The number of hydrogen-bond donors (Lipinski definition) is 0. The Hall–Kier alpha value is -1.29. The first-order valence-electron chi connectivity index (χ1n) is 4.77. The first-order chi connectivity index (χ1) is 7.60. The molecule has 1 radical (unpaired) electrons. The van der Waals surface area contributed by atoms with E-state index in [0.717, 1.165) is 0 Å². The van der Waals surface area contributed by atoms with Crippen LogP contribution in [0.1, 0.15) is 10.4 Å². The minimum Gasteiger partial charge on any atom is -0.469 e. The second kappa shape index (κ2) is 5.70. The lowest BCUT2D eigenvalue weighted by molar-refractivity contribution is -0.139. The molecule has 0 spiro atoms. The maximum atomic E-state index is 11.9. The molecule has 83 valence electrons. The van der Waals surface area contributed by atoms with E-state index in [1.165, 1.54) is 14.4 Å². The molecule has 5 heteroatoms. The number of carbonyl (C=O) groups excluding carboxylic acids is 2. The van der Waals surface area contributed by atoms with Gasteiger partial charge in [-0.1, -0.05) is 18.4 Å². The van der Waals surface area contributed by atoms with E-state index in [1.807, 2.05) is 0 Å². The summed E-state index contributed by atoms with van der Waals surface area (Å²) in [6.45, 7) is 1.65. The average Bonchev–Trinajstić information content (AvgIpc) is 2.30. The minimum atomic E-state index is -0.855. The quantitative estimate of drug-likeness (QED) is 0.349. The number of benzene rings is 1. The molecule has 0 aromatic heterocycles. The Morgan fingerprint density at radius 1 is 1.31 bits per heavy atom. The molecule has 0 bridgehead atoms. The predicted octanol–water partition coefficient (Wildman–Crippen LogP) is 2.24. The van der Waals surface area contributed by atoms with Crippen LogP contribution in [-0.2, 0) is 9.53 Å². The molecule has 16 heavy (non-hydrogen) atoms. The molecule has 0 heterocycles. The summed E-state index contributed by atoms with van der Waals surface area (Å²) in [5, 5.41) is 0.548. The summed E-state index contributed by atoms with van der Waals surface area (Å²) in [6.07, 6.45) is 0. The second-order valence-corrected chi connectivity index (χ2v) is 3.64. The van der Waals surface area contributed by atoms with Gasteiger partial charge in [0, 0.05) is 10.6 Å². The van der Waals surface area contributed by atoms with E-state index < -0.39 is 11.8 Å². The molecule has 1 atom stereocenters. The number of halogens is 1. The normalized spacial score (nSPS) is 11.7. The fraction of sp³-hybridized carbons (Fsp3) is 0.273. The van der Waals surface area contributed by atoms with Crippen LogP contribution in [0.4, 0.5) is 0 Å². The van der Waals surface area contributed by atoms with Gasteiger partial charge in [-0.05, 0) is 24.3 Å². The van der Waals surface area contributed by atoms with Crippen molar-refractivity contribution in [2.75, 3.05) is 7.11 Å². The van der Waals surface area contributed by atoms with Gasteiger partial charge in [0.2, 0.25) is 0 Å². The van der Waals surface area contributed by atoms with Crippen LogP contribution in [-0.4, -0.2) is 26.1 Å². The number of hydrogen-bond acceptors (Lipinski definition) is 3. The van der Waals surface area contributed by atoms with Crippen LogP contribution in [0.15, 0.2) is 24.3 Å². The molecule has 1 aromatic carbocycles. The van der Waals surface area contributed by atoms with Crippen molar-refractivity contribution in [3.8, 4) is 0 Å². The van der Waals surface area contributed by atoms with Crippen LogP contribution in [0.5, 0.6) is 0 Å². The molecule has 0 aliphatic heterocycles. The van der Waals surface area contributed by atoms with Crippen LogP contribution in [0.3, 0.4) is 0 Å². The highest BCUT2D eigenvalue weighted by molar-refractivity contribution is 6.51. The van der Waals surface area contributed by atoms with E-state index in [4.69, 9.17) is 11.6 Å². The largest absolute Gasteiger partial charge is 0.469 e. The van der Waals surface area contributed by atoms with Crippen LogP contribution >= 0.6 is 11.6 Å². The predicted molar refractivity (Wildman–Crippen MR) is 63.2 cm³/mol. The summed E-state index contributed by atoms with van der Waals surface area (Å²) in [7, 11) is 2.77. The molecule has 0 fully saturated rings. The lowest BCUT2D eigenvalue weighted by Gasteiger charge is -2.10. The van der Waals surface area contributed by atoms with Gasteiger partial charge >= 0.3 is 5.97 Å². The first kappa shape index (κ1) is 12.8. The molecular weight excluding hydrogens is 226 g/mol. The zero-order chi connectivity index (χ0) is 12.1. The zero-order valence-corrected chi connectivity index (χ0v) is 9.82. The van der Waals surface area contributed by atoms with Crippen molar-refractivity contribution in [1.82, 2.24) is 0 Å². The monoisotopic (exact) mass is 237 g/mol. The van der Waals surface area contributed by atoms with Gasteiger partial charge in [0.05, 0.1) is 12.9 Å². The van der Waals surface area contributed by atoms with E-state index in [2.05, 4.69) is 4.74 Å². The number of methoxy groups -OCH3 is 1. The highest BCUT2D eigenvalue weighted by Crippen LogP contribution is 2.17. The summed E-state index contributed by atoms with van der Waals surface area (Å²) in [5.74, 6) is -1.69. The Kier molecular flexibility index (Phi) is 4.56. The van der Waals surface area contributed by atoms with Gasteiger partial charge in [-0.25, -0.2) is 0 Å². The lowest BCUT2D eigenvalue weighted by atomic mass is 9.64. The SMILES string of the molecule is C[B]C(C(=O)OC)C(=O)c1ccc(Cl)cc1. The number of ketones is 1. The maximum absolute atomic E-state index is 11.9. The number of rotatable bonds is 4. The fourth-order valence-electron chi connectivity index (χ4n) is 1.32. The number of carbonyl (C=O) groups is 2. The zero-order valence-electron chi connectivity index (χ0n) is 9.07. The summed E-state index contributed by atoms with van der Waals surface area (Å²) in [4.78, 5) is 23.2. The highest BCUT2D eigenvalue weighted by atomic mass is 35.5. The highest BCUT2D eigenvalue weighted by Gasteiger charge is 2.26. The van der Waals surface area contributed by atoms with Gasteiger partial charge in [-0.3, -0.25) is 9.59 Å². The Morgan fingerprint density at radius 2 is 1.88 bits per heavy atom. The van der Waals surface area contributed by atoms with Gasteiger partial charge in [0.25, 0.3) is 0 Å². The Balaban J connectivity index is 2.91. The van der Waals surface area contributed by atoms with E-state index in [0.29, 0.717) is 10.6 Å². The third kappa shape index (κ3) is 2.86. The fourth-order valence-corrected chi connectivity index (χ4v) is 1.44. The Labute approximate surface area is 100.0 Å². The summed E-state index contributed by atoms with van der Waals surface area (Å²) in [6, 6.07) is 6.39. The molecule has 3 nitrogen and oxygen atoms in total. The van der Waals surface area contributed by atoms with Crippen LogP contribution in [0, 0.1) is 0 Å². The van der Waals surface area contributed by atoms with E-state index in [-0.39, 0.29) is 5.78 Å². The van der Waals surface area contributed by atoms with Crippen LogP contribution < -0.4 is 0 Å². The van der Waals surface area contributed by atoms with E-state index >= 15 is 0 Å². The molecule has 1 rings (SSSR count). The summed E-state index contributed by atoms with van der Waals surface area (Å²) in [5.41, 5.74) is 0.443. The molecule has 1 unspecified atom stereocenters. The van der Waals surface area contributed by atoms with Gasteiger partial charge in [0.1, 0.15) is 7.28 Å². The standard InChI is InChI=1S/C11H11BClO3/c1-12-9(11(15)16-2)10(14)7-3-5-8(13)6-4-7/h3-6,9H,1-2H3.